The van der Waals surface area contributed by atoms with Crippen molar-refractivity contribution in [1.82, 2.24) is 10.6 Å². The van der Waals surface area contributed by atoms with Gasteiger partial charge in [0.1, 0.15) is 12.1 Å². The molecule has 2 unspecified atom stereocenters. The lowest BCUT2D eigenvalue weighted by atomic mass is 10.0. The van der Waals surface area contributed by atoms with E-state index in [-0.39, 0.29) is 37.4 Å². The number of aliphatic carboxylic acids is 1. The lowest BCUT2D eigenvalue weighted by Crippen LogP contribution is -2.47. The molecule has 0 aromatic carbocycles. The minimum atomic E-state index is -1.39. The van der Waals surface area contributed by atoms with Gasteiger partial charge in [-0.15, -0.1) is 0 Å². The number of nitrogens with one attached hydrogen (secondary N) is 2. The maximum atomic E-state index is 12.6. The van der Waals surface area contributed by atoms with Gasteiger partial charge in [-0.1, -0.05) is 145 Å². The molecule has 4 N–H and O–H groups in total. The Hall–Kier alpha value is -3.72. The average Bonchev–Trinajstić information content (AvgIpc) is 3.14. The highest BCUT2D eigenvalue weighted by Gasteiger charge is 2.18. The Bertz CT molecular complexity index is 1120. The first kappa shape index (κ1) is 49.3. The van der Waals surface area contributed by atoms with E-state index in [4.69, 9.17) is 14.9 Å². The van der Waals surface area contributed by atoms with Crippen LogP contribution in [0, 0.1) is 0 Å². The van der Waals surface area contributed by atoms with E-state index < -0.39 is 24.5 Å². The third-order valence-corrected chi connectivity index (χ3v) is 8.45. The Morgan fingerprint density at radius 3 is 1.72 bits per heavy atom. The van der Waals surface area contributed by atoms with Gasteiger partial charge in [0.25, 0.3) is 0 Å². The minimum absolute atomic E-state index is 0.206. The molecule has 0 aliphatic carbocycles. The summed E-state index contributed by atoms with van der Waals surface area (Å²) in [6.45, 7) is 3.33. The number of rotatable bonds is 35. The lowest BCUT2D eigenvalue weighted by molar-refractivity contribution is -0.146. The molecule has 0 heterocycles. The molecule has 0 saturated heterocycles. The summed E-state index contributed by atoms with van der Waals surface area (Å²) < 4.78 is 5.86. The van der Waals surface area contributed by atoms with Crippen LogP contribution in [0.15, 0.2) is 72.9 Å². The second kappa shape index (κ2) is 38.0. The Labute approximate surface area is 321 Å². The number of carbonyl (C=O) groups excluding carboxylic acids is 3. The first-order valence-corrected chi connectivity index (χ1v) is 20.3. The quantitative estimate of drug-likeness (QED) is 0.0288. The van der Waals surface area contributed by atoms with Crippen LogP contribution in [0.3, 0.4) is 0 Å². The van der Waals surface area contributed by atoms with E-state index in [1.165, 1.54) is 38.5 Å². The minimum Gasteiger partial charge on any atom is -0.480 e. The van der Waals surface area contributed by atoms with Crippen molar-refractivity contribution >= 4 is 23.8 Å². The molecule has 0 aliphatic rings. The highest BCUT2D eigenvalue weighted by atomic mass is 16.5. The van der Waals surface area contributed by atoms with Crippen molar-refractivity contribution < 1.29 is 34.1 Å². The first-order chi connectivity index (χ1) is 25.8. The standard InChI is InChI=1S/C44H72N2O7/c1-3-5-7-9-11-13-14-15-16-17-18-20-22-28-32-36-43(50)53-39(33-29-25-21-19-12-10-8-6-4-2)34-30-26-23-24-27-31-35-41(48)45-37-42(49)46-40(38-47)44(51)52/h5,7,11,13,15-16,18,20,28-29,32-33,39-40,47H,3-4,6,8-10,12,14,17,19,21-27,30-31,34-38H2,1-2H3,(H,45,48)(H,46,49)(H,51,52)/b7-5-,13-11-,16-15-,20-18-,32-28-,33-29-. The van der Waals surface area contributed by atoms with Crippen LogP contribution in [0.4, 0.5) is 0 Å². The Kier molecular flexibility index (Phi) is 35.3. The monoisotopic (exact) mass is 741 g/mol. The van der Waals surface area contributed by atoms with Crippen molar-refractivity contribution in [3.8, 4) is 0 Å². The zero-order valence-corrected chi connectivity index (χ0v) is 33.0. The van der Waals surface area contributed by atoms with Gasteiger partial charge < -0.3 is 25.6 Å². The first-order valence-electron chi connectivity index (χ1n) is 20.3. The summed E-state index contributed by atoms with van der Waals surface area (Å²) in [5, 5.41) is 22.5. The van der Waals surface area contributed by atoms with Gasteiger partial charge in [0.2, 0.25) is 11.8 Å². The van der Waals surface area contributed by atoms with E-state index in [0.29, 0.717) is 6.42 Å². The summed E-state index contributed by atoms with van der Waals surface area (Å²) in [6, 6.07) is -1.39. The van der Waals surface area contributed by atoms with Gasteiger partial charge in [0.05, 0.1) is 19.6 Å². The van der Waals surface area contributed by atoms with Crippen molar-refractivity contribution in [1.29, 1.82) is 0 Å². The van der Waals surface area contributed by atoms with Gasteiger partial charge in [0.15, 0.2) is 0 Å². The fourth-order valence-corrected chi connectivity index (χ4v) is 5.35. The number of aliphatic hydroxyl groups is 1. The molecule has 9 nitrogen and oxygen atoms in total. The number of carbonyl (C=O) groups is 4. The third kappa shape index (κ3) is 35.1. The number of carboxylic acid groups (broad SMARTS) is 1. The molecule has 0 rings (SSSR count). The molecule has 9 heteroatoms. The SMILES string of the molecule is CC/C=C\C/C=C\C/C=C\C/C=C\C/C=C\CC(=O)OC(/C=C\CCCCCCCCC)CCCCCCCCC(=O)NCC(=O)NC(CO)C(=O)O. The topological polar surface area (TPSA) is 142 Å². The second-order valence-electron chi connectivity index (χ2n) is 13.4. The van der Waals surface area contributed by atoms with E-state index in [2.05, 4.69) is 85.2 Å². The van der Waals surface area contributed by atoms with Crippen molar-refractivity contribution in [2.75, 3.05) is 13.2 Å². The van der Waals surface area contributed by atoms with Crippen molar-refractivity contribution in [3.05, 3.63) is 72.9 Å². The molecule has 0 aromatic heterocycles. The lowest BCUT2D eigenvalue weighted by Gasteiger charge is -2.14. The number of carboxylic acids is 1. The molecule has 0 spiro atoms. The molecule has 53 heavy (non-hydrogen) atoms. The molecule has 2 amide bonds. The number of ether oxygens (including phenoxy) is 1. The maximum absolute atomic E-state index is 12.6. The number of allylic oxidation sites excluding steroid dienone is 10. The fraction of sp³-hybridized carbons (Fsp3) is 0.636. The number of hydrogen-bond donors (Lipinski definition) is 4. The molecule has 0 radical (unpaired) electrons. The van der Waals surface area contributed by atoms with E-state index in [9.17, 15) is 19.2 Å². The van der Waals surface area contributed by atoms with Crippen molar-refractivity contribution in [3.63, 3.8) is 0 Å². The number of aliphatic hydroxyl groups excluding tert-OH is 1. The van der Waals surface area contributed by atoms with E-state index >= 15 is 0 Å². The molecular formula is C44H72N2O7. The largest absolute Gasteiger partial charge is 0.480 e. The van der Waals surface area contributed by atoms with Gasteiger partial charge >= 0.3 is 11.9 Å². The molecule has 300 valence electrons. The number of esters is 1. The van der Waals surface area contributed by atoms with Gasteiger partial charge in [0, 0.05) is 6.42 Å². The highest BCUT2D eigenvalue weighted by molar-refractivity contribution is 5.87. The average molecular weight is 741 g/mol. The normalized spacial score (nSPS) is 13.3. The van der Waals surface area contributed by atoms with Gasteiger partial charge in [-0.25, -0.2) is 4.79 Å². The number of amides is 2. The van der Waals surface area contributed by atoms with Crippen LogP contribution >= 0.6 is 0 Å². The van der Waals surface area contributed by atoms with Gasteiger partial charge in [-0.3, -0.25) is 14.4 Å². The highest BCUT2D eigenvalue weighted by Crippen LogP contribution is 2.15. The summed E-state index contributed by atoms with van der Waals surface area (Å²) in [4.78, 5) is 47.3. The van der Waals surface area contributed by atoms with Crippen LogP contribution in [-0.2, 0) is 23.9 Å². The maximum Gasteiger partial charge on any atom is 0.328 e. The van der Waals surface area contributed by atoms with Crippen molar-refractivity contribution in [2.45, 2.75) is 167 Å². The van der Waals surface area contributed by atoms with Crippen LogP contribution in [0.2, 0.25) is 0 Å². The predicted molar refractivity (Wildman–Crippen MR) is 217 cm³/mol. The second-order valence-corrected chi connectivity index (χ2v) is 13.4. The van der Waals surface area contributed by atoms with Gasteiger partial charge in [-0.2, -0.15) is 0 Å². The molecular weight excluding hydrogens is 668 g/mol. The number of unbranched alkanes of at least 4 members (excludes halogenated alkanes) is 12. The van der Waals surface area contributed by atoms with Crippen LogP contribution in [0.25, 0.3) is 0 Å². The molecule has 0 aliphatic heterocycles. The third-order valence-electron chi connectivity index (χ3n) is 8.45. The Morgan fingerprint density at radius 1 is 0.623 bits per heavy atom. The fourth-order valence-electron chi connectivity index (χ4n) is 5.35. The summed E-state index contributed by atoms with van der Waals surface area (Å²) in [5.74, 6) is -2.47. The molecule has 2 atom stereocenters. The Morgan fingerprint density at radius 2 is 1.15 bits per heavy atom. The van der Waals surface area contributed by atoms with Crippen molar-refractivity contribution in [2.24, 2.45) is 0 Å². The molecule has 0 saturated carbocycles. The molecule has 0 fully saturated rings. The number of hydrogen-bond acceptors (Lipinski definition) is 6. The zero-order valence-electron chi connectivity index (χ0n) is 33.0. The summed E-state index contributed by atoms with van der Waals surface area (Å²) in [6.07, 6.45) is 46.7. The molecule has 0 aromatic rings. The van der Waals surface area contributed by atoms with E-state index in [1.807, 2.05) is 12.2 Å². The Balaban J connectivity index is 4.44. The predicted octanol–water partition coefficient (Wildman–Crippen LogP) is 9.54. The summed E-state index contributed by atoms with van der Waals surface area (Å²) in [7, 11) is 0. The molecule has 0 bridgehead atoms. The smallest absolute Gasteiger partial charge is 0.328 e. The van der Waals surface area contributed by atoms with Crippen LogP contribution in [0.1, 0.15) is 155 Å². The van der Waals surface area contributed by atoms with Gasteiger partial charge in [-0.05, 0) is 70.3 Å². The van der Waals surface area contributed by atoms with Crippen LogP contribution in [-0.4, -0.2) is 59.3 Å². The van der Waals surface area contributed by atoms with Crippen LogP contribution in [0.5, 0.6) is 0 Å². The van der Waals surface area contributed by atoms with E-state index in [0.717, 1.165) is 83.5 Å². The summed E-state index contributed by atoms with van der Waals surface area (Å²) in [5.41, 5.74) is 0. The van der Waals surface area contributed by atoms with Crippen LogP contribution < -0.4 is 10.6 Å². The van der Waals surface area contributed by atoms with E-state index in [1.54, 1.807) is 0 Å². The summed E-state index contributed by atoms with van der Waals surface area (Å²) >= 11 is 0. The zero-order chi connectivity index (χ0) is 39.0.